The van der Waals surface area contributed by atoms with Crippen LogP contribution in [0.1, 0.15) is 27.2 Å². The fourth-order valence-electron chi connectivity index (χ4n) is 1.29. The van der Waals surface area contributed by atoms with Crippen LogP contribution in [0, 0.1) is 22.7 Å². The minimum absolute atomic E-state index is 0.0724. The summed E-state index contributed by atoms with van der Waals surface area (Å²) < 4.78 is 0. The van der Waals surface area contributed by atoms with Crippen LogP contribution >= 0.6 is 0 Å². The first-order chi connectivity index (χ1) is 8.26. The molecule has 0 radical (unpaired) electrons. The third kappa shape index (κ3) is 4.62. The van der Waals surface area contributed by atoms with Gasteiger partial charge < -0.3 is 15.3 Å². The molecule has 0 aliphatic rings. The van der Waals surface area contributed by atoms with Crippen LogP contribution in [-0.4, -0.2) is 42.1 Å². The fourth-order valence-corrected chi connectivity index (χ4v) is 1.29. The largest absolute Gasteiger partial charge is 0.481 e. The predicted octanol–water partition coefficient (Wildman–Crippen LogP) is 1.29. The lowest BCUT2D eigenvalue weighted by molar-refractivity contribution is -0.147. The molecule has 0 aliphatic carbocycles. The smallest absolute Gasteiger partial charge is 0.317 e. The second-order valence-corrected chi connectivity index (χ2v) is 4.79. The summed E-state index contributed by atoms with van der Waals surface area (Å²) in [6.45, 7) is 5.47. The number of carboxylic acid groups (broad SMARTS) is 1. The van der Waals surface area contributed by atoms with Gasteiger partial charge in [-0.15, -0.1) is 0 Å². The number of urea groups is 1. The Kier molecular flexibility index (Phi) is 6.17. The SMILES string of the molecule is CCC(C)(CNC(=O)N(C)CC(C)C#N)C(=O)O. The Bertz CT molecular complexity index is 351. The molecule has 6 nitrogen and oxygen atoms in total. The van der Waals surface area contributed by atoms with Gasteiger partial charge in [0, 0.05) is 20.1 Å². The Labute approximate surface area is 108 Å². The van der Waals surface area contributed by atoms with Crippen molar-refractivity contribution < 1.29 is 14.7 Å². The van der Waals surface area contributed by atoms with Crippen LogP contribution in [0.25, 0.3) is 0 Å². The van der Waals surface area contributed by atoms with E-state index in [9.17, 15) is 9.59 Å². The quantitative estimate of drug-likeness (QED) is 0.747. The first-order valence-corrected chi connectivity index (χ1v) is 5.88. The fraction of sp³-hybridized carbons (Fsp3) is 0.750. The van der Waals surface area contributed by atoms with E-state index in [1.165, 1.54) is 4.90 Å². The molecule has 0 saturated carbocycles. The van der Waals surface area contributed by atoms with E-state index in [-0.39, 0.29) is 18.5 Å². The van der Waals surface area contributed by atoms with E-state index in [1.807, 2.05) is 6.07 Å². The number of amides is 2. The normalized spacial score (nSPS) is 15.1. The lowest BCUT2D eigenvalue weighted by Gasteiger charge is -2.25. The molecule has 18 heavy (non-hydrogen) atoms. The van der Waals surface area contributed by atoms with Crippen LogP contribution in [0.5, 0.6) is 0 Å². The van der Waals surface area contributed by atoms with Gasteiger partial charge in [0.05, 0.1) is 17.4 Å². The first kappa shape index (κ1) is 16.2. The Hall–Kier alpha value is -1.77. The molecule has 0 aromatic rings. The van der Waals surface area contributed by atoms with Gasteiger partial charge in [0.15, 0.2) is 0 Å². The molecule has 0 heterocycles. The lowest BCUT2D eigenvalue weighted by atomic mass is 9.88. The molecule has 102 valence electrons. The Morgan fingerprint density at radius 1 is 1.56 bits per heavy atom. The number of carbonyl (C=O) groups excluding carboxylic acids is 1. The van der Waals surface area contributed by atoms with Crippen molar-refractivity contribution in [3.05, 3.63) is 0 Å². The van der Waals surface area contributed by atoms with Gasteiger partial charge in [-0.1, -0.05) is 6.92 Å². The number of nitriles is 1. The third-order valence-electron chi connectivity index (χ3n) is 3.04. The Balaban J connectivity index is 4.34. The predicted molar refractivity (Wildman–Crippen MR) is 66.8 cm³/mol. The molecule has 0 aromatic carbocycles. The van der Waals surface area contributed by atoms with Crippen molar-refractivity contribution in [1.82, 2.24) is 10.2 Å². The zero-order valence-corrected chi connectivity index (χ0v) is 11.4. The molecular weight excluding hydrogens is 234 g/mol. The van der Waals surface area contributed by atoms with Crippen molar-refractivity contribution in [3.63, 3.8) is 0 Å². The molecule has 0 fully saturated rings. The standard InChI is InChI=1S/C12H21N3O3/c1-5-12(3,10(16)17)8-14-11(18)15(4)7-9(2)6-13/h9H,5,7-8H2,1-4H3,(H,14,18)(H,16,17). The highest BCUT2D eigenvalue weighted by Crippen LogP contribution is 2.19. The summed E-state index contributed by atoms with van der Waals surface area (Å²) in [7, 11) is 1.58. The van der Waals surface area contributed by atoms with E-state index in [1.54, 1.807) is 27.8 Å². The topological polar surface area (TPSA) is 93.4 Å². The zero-order valence-electron chi connectivity index (χ0n) is 11.4. The summed E-state index contributed by atoms with van der Waals surface area (Å²) in [5.74, 6) is -1.18. The molecule has 0 aromatic heterocycles. The molecule has 0 saturated heterocycles. The van der Waals surface area contributed by atoms with Crippen molar-refractivity contribution in [1.29, 1.82) is 5.26 Å². The van der Waals surface area contributed by atoms with Gasteiger partial charge in [0.25, 0.3) is 0 Å². The zero-order chi connectivity index (χ0) is 14.3. The number of nitrogens with zero attached hydrogens (tertiary/aromatic N) is 2. The van der Waals surface area contributed by atoms with E-state index in [0.29, 0.717) is 13.0 Å². The van der Waals surface area contributed by atoms with Crippen LogP contribution in [-0.2, 0) is 4.79 Å². The molecule has 0 bridgehead atoms. The third-order valence-corrected chi connectivity index (χ3v) is 3.04. The van der Waals surface area contributed by atoms with Gasteiger partial charge in [-0.05, 0) is 20.3 Å². The summed E-state index contributed by atoms with van der Waals surface area (Å²) in [6, 6.07) is 1.67. The Morgan fingerprint density at radius 3 is 2.50 bits per heavy atom. The minimum Gasteiger partial charge on any atom is -0.481 e. The average Bonchev–Trinajstić information content (AvgIpc) is 2.34. The van der Waals surface area contributed by atoms with Gasteiger partial charge in [0.1, 0.15) is 0 Å². The van der Waals surface area contributed by atoms with Gasteiger partial charge in [-0.25, -0.2) is 4.79 Å². The highest BCUT2D eigenvalue weighted by atomic mass is 16.4. The molecular formula is C12H21N3O3. The Morgan fingerprint density at radius 2 is 2.11 bits per heavy atom. The number of hydrogen-bond acceptors (Lipinski definition) is 3. The number of carbonyl (C=O) groups is 2. The molecule has 2 N–H and O–H groups in total. The molecule has 6 heteroatoms. The van der Waals surface area contributed by atoms with Crippen LogP contribution < -0.4 is 5.32 Å². The molecule has 2 unspecified atom stereocenters. The maximum atomic E-state index is 11.7. The van der Waals surface area contributed by atoms with Gasteiger partial charge >= 0.3 is 12.0 Å². The summed E-state index contributed by atoms with van der Waals surface area (Å²) in [5, 5.41) is 20.3. The van der Waals surface area contributed by atoms with Crippen molar-refractivity contribution in [3.8, 4) is 6.07 Å². The van der Waals surface area contributed by atoms with E-state index in [0.717, 1.165) is 0 Å². The molecule has 0 aliphatic heterocycles. The second-order valence-electron chi connectivity index (χ2n) is 4.79. The van der Waals surface area contributed by atoms with Gasteiger partial charge in [0.2, 0.25) is 0 Å². The summed E-state index contributed by atoms with van der Waals surface area (Å²) in [4.78, 5) is 24.1. The average molecular weight is 255 g/mol. The maximum Gasteiger partial charge on any atom is 0.317 e. The molecule has 0 rings (SSSR count). The second kappa shape index (κ2) is 6.84. The van der Waals surface area contributed by atoms with E-state index in [2.05, 4.69) is 5.32 Å². The van der Waals surface area contributed by atoms with E-state index < -0.39 is 11.4 Å². The maximum absolute atomic E-state index is 11.7. The van der Waals surface area contributed by atoms with Crippen LogP contribution in [0.2, 0.25) is 0 Å². The van der Waals surface area contributed by atoms with Crippen LogP contribution in [0.4, 0.5) is 4.79 Å². The summed E-state index contributed by atoms with van der Waals surface area (Å²) in [5.41, 5.74) is -0.961. The number of carboxylic acids is 1. The lowest BCUT2D eigenvalue weighted by Crippen LogP contribution is -2.46. The number of aliphatic carboxylic acids is 1. The highest BCUT2D eigenvalue weighted by molar-refractivity contribution is 5.77. The minimum atomic E-state index is -0.961. The molecule has 0 spiro atoms. The van der Waals surface area contributed by atoms with E-state index >= 15 is 0 Å². The van der Waals surface area contributed by atoms with Crippen molar-refractivity contribution in [2.24, 2.45) is 11.3 Å². The van der Waals surface area contributed by atoms with Crippen LogP contribution in [0.15, 0.2) is 0 Å². The van der Waals surface area contributed by atoms with Crippen molar-refractivity contribution in [2.45, 2.75) is 27.2 Å². The molecule has 2 atom stereocenters. The van der Waals surface area contributed by atoms with Gasteiger partial charge in [-0.2, -0.15) is 5.26 Å². The summed E-state index contributed by atoms with van der Waals surface area (Å²) >= 11 is 0. The van der Waals surface area contributed by atoms with E-state index in [4.69, 9.17) is 10.4 Å². The molecule has 2 amide bonds. The number of nitrogens with one attached hydrogen (secondary N) is 1. The van der Waals surface area contributed by atoms with Crippen molar-refractivity contribution in [2.75, 3.05) is 20.1 Å². The summed E-state index contributed by atoms with van der Waals surface area (Å²) in [6.07, 6.45) is 0.431. The number of rotatable bonds is 6. The highest BCUT2D eigenvalue weighted by Gasteiger charge is 2.31. The van der Waals surface area contributed by atoms with Crippen LogP contribution in [0.3, 0.4) is 0 Å². The first-order valence-electron chi connectivity index (χ1n) is 5.88. The monoisotopic (exact) mass is 255 g/mol. The van der Waals surface area contributed by atoms with Gasteiger partial charge in [-0.3, -0.25) is 4.79 Å². The van der Waals surface area contributed by atoms with Crippen molar-refractivity contribution >= 4 is 12.0 Å². The number of hydrogen-bond donors (Lipinski definition) is 2.